The smallest absolute Gasteiger partial charge is 0.416 e. The molecule has 0 saturated heterocycles. The Morgan fingerprint density at radius 3 is 1.29 bits per heavy atom. The highest BCUT2D eigenvalue weighted by molar-refractivity contribution is 6.06. The molecule has 0 aliphatic carbocycles. The minimum atomic E-state index is -4.77. The van der Waals surface area contributed by atoms with Gasteiger partial charge in [-0.2, -0.15) is 36.9 Å². The number of quaternary nitrogens is 1. The van der Waals surface area contributed by atoms with Gasteiger partial charge in [0.2, 0.25) is 11.8 Å². The molecule has 4 heterocycles. The molecule has 2 atom stereocenters. The van der Waals surface area contributed by atoms with Crippen LogP contribution in [0.15, 0.2) is 109 Å². The van der Waals surface area contributed by atoms with Crippen LogP contribution in [0.3, 0.4) is 0 Å². The van der Waals surface area contributed by atoms with Crippen LogP contribution in [0.5, 0.6) is 11.8 Å². The fraction of sp³-hybridized carbons (Fsp3) is 0.345. The van der Waals surface area contributed by atoms with E-state index in [-0.39, 0.29) is 101 Å². The second kappa shape index (κ2) is 24.2. The Kier molecular flexibility index (Phi) is 17.5. The zero-order chi connectivity index (χ0) is 60.3. The van der Waals surface area contributed by atoms with Crippen molar-refractivity contribution in [1.29, 1.82) is 10.5 Å². The second-order valence-corrected chi connectivity index (χ2v) is 21.4. The maximum atomic E-state index is 14.9. The topological polar surface area (TPSA) is 210 Å². The highest BCUT2D eigenvalue weighted by Crippen LogP contribution is 2.51. The Bertz CT molecular complexity index is 3250. The number of alkyl halides is 6. The minimum Gasteiger partial charge on any atom is -0.494 e. The van der Waals surface area contributed by atoms with E-state index in [2.05, 4.69) is 10.6 Å². The van der Waals surface area contributed by atoms with Crippen LogP contribution in [-0.4, -0.2) is 162 Å². The van der Waals surface area contributed by atoms with Crippen LogP contribution in [0.2, 0.25) is 0 Å². The summed E-state index contributed by atoms with van der Waals surface area (Å²) in [7, 11) is 10.9. The van der Waals surface area contributed by atoms with Crippen molar-refractivity contribution in [2.24, 2.45) is 0 Å². The number of urea groups is 2. The number of hydrogen-bond acceptors (Lipinski definition) is 10. The Morgan fingerprint density at radius 2 is 0.964 bits per heavy atom. The zero-order valence-electron chi connectivity index (χ0n) is 46.3. The summed E-state index contributed by atoms with van der Waals surface area (Å²) in [6.45, 7) is 0.614. The number of nitriles is 2. The van der Waals surface area contributed by atoms with E-state index in [9.17, 15) is 66.3 Å². The van der Waals surface area contributed by atoms with Crippen LogP contribution in [0, 0.1) is 22.7 Å². The summed E-state index contributed by atoms with van der Waals surface area (Å²) in [5, 5.41) is 48.7. The van der Waals surface area contributed by atoms with E-state index < -0.39 is 72.5 Å². The Balaban J connectivity index is 0.999. The molecule has 6 aromatic rings. The Hall–Kier alpha value is -9.04. The number of aromatic nitrogens is 2. The number of aromatic hydroxyl groups is 2. The number of likely N-dealkylation sites (N-methyl/N-ethyl adjacent to an activating group) is 3. The van der Waals surface area contributed by atoms with Crippen molar-refractivity contribution >= 4 is 46.6 Å². The molecule has 0 fully saturated rings. The van der Waals surface area contributed by atoms with Gasteiger partial charge in [0.1, 0.15) is 13.1 Å². The standard InChI is InChI=1S/C58H61F6N13O6/c1-69(2)23-25-71-33-45-49(53(71)80)51(39-17-13-37(31-65)14-18-39)73(55(82)75(45)43-11-7-9-41(29-43)57(59,60)61)35-47(78)67-21-27-77(5,6)28-22-68-48(79)36-74-52(40-19-15-38(32-66)16-20-40)50-46(34-72(54(50)81)26-24-70(3)4)76(56(74)83)44-12-8-10-42(30-44)58(62,63)64/h7-20,29-30,33-34,51-52H,21-28,35-36H2,1-6H3,(H3-,67,68,78,79,80,81)/p+1/t51-,52-/m1/s1. The summed E-state index contributed by atoms with van der Waals surface area (Å²) in [5.41, 5.74) is -0.577. The fourth-order valence-electron chi connectivity index (χ4n) is 10.1. The lowest BCUT2D eigenvalue weighted by molar-refractivity contribution is -0.887. The van der Waals surface area contributed by atoms with Crippen LogP contribution in [0.25, 0.3) is 0 Å². The van der Waals surface area contributed by atoms with Crippen molar-refractivity contribution in [1.82, 2.24) is 39.4 Å². The second-order valence-electron chi connectivity index (χ2n) is 21.4. The average Bonchev–Trinajstić information content (AvgIpc) is 2.03. The molecule has 436 valence electrons. The normalized spacial score (nSPS) is 15.6. The number of carbonyl (C=O) groups is 4. The van der Waals surface area contributed by atoms with Crippen molar-refractivity contribution in [3.8, 4) is 23.9 Å². The van der Waals surface area contributed by atoms with Crippen LogP contribution in [0.4, 0.5) is 58.7 Å². The molecule has 2 aliphatic heterocycles. The predicted octanol–water partition coefficient (Wildman–Crippen LogP) is 7.94. The molecule has 4 N–H and O–H groups in total. The third-order valence-corrected chi connectivity index (χ3v) is 14.5. The summed E-state index contributed by atoms with van der Waals surface area (Å²) in [4.78, 5) is 66.0. The van der Waals surface area contributed by atoms with E-state index >= 15 is 0 Å². The number of amides is 6. The number of carbonyl (C=O) groups excluding carboxylic acids is 4. The molecule has 25 heteroatoms. The number of fused-ring (bicyclic) bond motifs is 2. The Labute approximate surface area is 475 Å². The number of hydrogen-bond donors (Lipinski definition) is 4. The van der Waals surface area contributed by atoms with Crippen LogP contribution in [0.1, 0.15) is 56.6 Å². The number of anilines is 4. The van der Waals surface area contributed by atoms with Gasteiger partial charge >= 0.3 is 24.4 Å². The number of nitrogens with one attached hydrogen (secondary N) is 2. The first kappa shape index (κ1) is 60.1. The first-order valence-electron chi connectivity index (χ1n) is 26.3. The van der Waals surface area contributed by atoms with E-state index in [0.29, 0.717) is 24.2 Å². The lowest BCUT2D eigenvalue weighted by Crippen LogP contribution is -2.53. The summed E-state index contributed by atoms with van der Waals surface area (Å²) < 4.78 is 87.9. The molecule has 8 rings (SSSR count). The third-order valence-electron chi connectivity index (χ3n) is 14.5. The van der Waals surface area contributed by atoms with Crippen LogP contribution in [-0.2, 0) is 35.0 Å². The van der Waals surface area contributed by atoms with Gasteiger partial charge in [0.15, 0.2) is 11.8 Å². The van der Waals surface area contributed by atoms with Crippen molar-refractivity contribution < 1.29 is 60.2 Å². The van der Waals surface area contributed by atoms with E-state index in [1.807, 2.05) is 64.2 Å². The van der Waals surface area contributed by atoms with Gasteiger partial charge in [0, 0.05) is 38.6 Å². The monoisotopic (exact) mass is 1150 g/mol. The third kappa shape index (κ3) is 13.2. The maximum absolute atomic E-state index is 14.9. The van der Waals surface area contributed by atoms with Gasteiger partial charge in [0.25, 0.3) is 0 Å². The van der Waals surface area contributed by atoms with Crippen LogP contribution >= 0.6 is 0 Å². The first-order valence-corrected chi connectivity index (χ1v) is 26.3. The lowest BCUT2D eigenvalue weighted by Gasteiger charge is -2.41. The van der Waals surface area contributed by atoms with Crippen molar-refractivity contribution in [2.45, 2.75) is 37.5 Å². The van der Waals surface area contributed by atoms with Gasteiger partial charge in [-0.15, -0.1) is 0 Å². The van der Waals surface area contributed by atoms with E-state index in [1.165, 1.54) is 57.9 Å². The van der Waals surface area contributed by atoms with Gasteiger partial charge in [-0.05, 0) is 100.0 Å². The summed E-state index contributed by atoms with van der Waals surface area (Å²) in [6, 6.07) is 20.6. The molecule has 19 nitrogen and oxygen atoms in total. The molecule has 6 amide bonds. The molecule has 0 unspecified atom stereocenters. The highest BCUT2D eigenvalue weighted by atomic mass is 19.4. The maximum Gasteiger partial charge on any atom is 0.416 e. The molecular formula is C58H62F6N13O6+. The Morgan fingerprint density at radius 1 is 0.602 bits per heavy atom. The number of halogens is 6. The summed E-state index contributed by atoms with van der Waals surface area (Å²) in [5.74, 6) is -1.90. The molecule has 83 heavy (non-hydrogen) atoms. The number of benzene rings is 4. The van der Waals surface area contributed by atoms with Gasteiger partial charge < -0.3 is 54.1 Å². The minimum absolute atomic E-state index is 0.0258. The fourth-order valence-corrected chi connectivity index (χ4v) is 10.1. The molecular weight excluding hydrogens is 1090 g/mol. The van der Waals surface area contributed by atoms with Crippen molar-refractivity contribution in [3.63, 3.8) is 0 Å². The van der Waals surface area contributed by atoms with Gasteiger partial charge in [-0.3, -0.25) is 19.4 Å². The zero-order valence-corrected chi connectivity index (χ0v) is 46.3. The number of nitrogens with zero attached hydrogens (tertiary/aromatic N) is 11. The van der Waals surface area contributed by atoms with E-state index in [4.69, 9.17) is 0 Å². The molecule has 0 saturated carbocycles. The van der Waals surface area contributed by atoms with Gasteiger partial charge in [-0.1, -0.05) is 36.4 Å². The highest BCUT2D eigenvalue weighted by Gasteiger charge is 2.46. The van der Waals surface area contributed by atoms with Crippen molar-refractivity contribution in [3.05, 3.63) is 154 Å². The molecule has 2 aromatic heterocycles. The average molecular weight is 1150 g/mol. The molecule has 0 radical (unpaired) electrons. The quantitative estimate of drug-likeness (QED) is 0.0428. The van der Waals surface area contributed by atoms with Crippen LogP contribution < -0.4 is 20.4 Å². The predicted molar refractivity (Wildman–Crippen MR) is 295 cm³/mol. The molecule has 0 bridgehead atoms. The van der Waals surface area contributed by atoms with Crippen molar-refractivity contribution in [2.75, 3.05) is 104 Å². The summed E-state index contributed by atoms with van der Waals surface area (Å²) in [6.07, 6.45) is -6.58. The first-order chi connectivity index (χ1) is 39.2. The van der Waals surface area contributed by atoms with Gasteiger partial charge in [-0.25, -0.2) is 9.59 Å². The lowest BCUT2D eigenvalue weighted by atomic mass is 9.94. The SMILES string of the molecule is CN(C)CCn1cc2c(c1O)[C@@H](c1ccc(C#N)cc1)N(CC(=O)NCC[N+](C)(C)CCNC(=O)CN1C(=O)N(c3cccc(C(F)(F)F)c3)c3cn(CCN(C)C)c(O)c3[C@H]1c1ccc(C#N)cc1)C(=O)N2c1cccc(C(F)(F)F)c1. The number of rotatable bonds is 20. The van der Waals surface area contributed by atoms with E-state index in [1.54, 1.807) is 24.3 Å². The summed E-state index contributed by atoms with van der Waals surface area (Å²) >= 11 is 0. The largest absolute Gasteiger partial charge is 0.494 e. The van der Waals surface area contributed by atoms with Gasteiger partial charge in [0.05, 0.1) is 121 Å². The molecule has 0 spiro atoms. The molecule has 4 aromatic carbocycles. The van der Waals surface area contributed by atoms with E-state index in [0.717, 1.165) is 56.0 Å². The molecule has 2 aliphatic rings.